The van der Waals surface area contributed by atoms with Crippen LogP contribution in [0.1, 0.15) is 32.3 Å². The molecular formula is C26H25N3O4S3. The molecule has 4 aromatic rings. The van der Waals surface area contributed by atoms with E-state index in [-0.39, 0.29) is 10.6 Å². The van der Waals surface area contributed by atoms with E-state index in [1.54, 1.807) is 41.8 Å². The number of rotatable bonds is 7. The van der Waals surface area contributed by atoms with E-state index >= 15 is 0 Å². The maximum atomic E-state index is 13.5. The first-order chi connectivity index (χ1) is 17.2. The molecule has 2 aromatic carbocycles. The van der Waals surface area contributed by atoms with Gasteiger partial charge in [0, 0.05) is 11.6 Å². The number of imide groups is 1. The van der Waals surface area contributed by atoms with Gasteiger partial charge in [0.1, 0.15) is 15.3 Å². The number of thiazole rings is 1. The fourth-order valence-electron chi connectivity index (χ4n) is 4.40. The van der Waals surface area contributed by atoms with Gasteiger partial charge in [0.15, 0.2) is 0 Å². The number of nitrogens with zero attached hydrogens (tertiary/aromatic N) is 3. The molecule has 2 aromatic heterocycles. The first-order valence-corrected chi connectivity index (χ1v) is 14.8. The number of hydrogen-bond donors (Lipinski definition) is 0. The van der Waals surface area contributed by atoms with Crippen LogP contribution in [-0.4, -0.2) is 41.6 Å². The highest BCUT2D eigenvalue weighted by atomic mass is 32.2. The van der Waals surface area contributed by atoms with E-state index in [0.29, 0.717) is 12.1 Å². The Morgan fingerprint density at radius 3 is 2.56 bits per heavy atom. The van der Waals surface area contributed by atoms with Crippen LogP contribution < -0.4 is 4.90 Å². The number of fused-ring (bicyclic) bond motifs is 1. The second-order valence-corrected chi connectivity index (χ2v) is 12.9. The fourth-order valence-corrected chi connectivity index (χ4v) is 8.41. The molecule has 1 fully saturated rings. The van der Waals surface area contributed by atoms with Crippen molar-refractivity contribution < 1.29 is 18.0 Å². The molecule has 2 amide bonds. The predicted molar refractivity (Wildman–Crippen MR) is 144 cm³/mol. The molecule has 1 aliphatic rings. The number of carbonyl (C=O) groups is 2. The molecule has 0 radical (unpaired) electrons. The number of benzene rings is 2. The van der Waals surface area contributed by atoms with Gasteiger partial charge in [-0.25, -0.2) is 18.3 Å². The Kier molecular flexibility index (Phi) is 6.54. The third-order valence-corrected chi connectivity index (χ3v) is 10.9. The lowest BCUT2D eigenvalue weighted by Crippen LogP contribution is -2.49. The van der Waals surface area contributed by atoms with E-state index in [2.05, 4.69) is 6.07 Å². The van der Waals surface area contributed by atoms with Crippen molar-refractivity contribution in [2.75, 3.05) is 4.90 Å². The Hall–Kier alpha value is -2.92. The number of anilines is 1. The van der Waals surface area contributed by atoms with Gasteiger partial charge in [-0.05, 0) is 73.7 Å². The van der Waals surface area contributed by atoms with Gasteiger partial charge in [0.25, 0.3) is 15.9 Å². The van der Waals surface area contributed by atoms with Crippen LogP contribution in [0.25, 0.3) is 20.8 Å². The SMILES string of the molecule is CCC(C)N(C1CC(=O)N(c2ccc(-c3nc4ccc(C)cc4s3)cc2)C1=O)S(=O)(=O)c1cccs1. The maximum absolute atomic E-state index is 13.5. The molecule has 5 rings (SSSR count). The summed E-state index contributed by atoms with van der Waals surface area (Å²) in [5, 5.41) is 2.54. The average molecular weight is 540 g/mol. The number of sulfonamides is 1. The van der Waals surface area contributed by atoms with Gasteiger partial charge in [0.05, 0.1) is 22.3 Å². The zero-order chi connectivity index (χ0) is 25.6. The predicted octanol–water partition coefficient (Wildman–Crippen LogP) is 5.45. The maximum Gasteiger partial charge on any atom is 0.253 e. The summed E-state index contributed by atoms with van der Waals surface area (Å²) in [6.07, 6.45) is 0.325. The van der Waals surface area contributed by atoms with E-state index in [9.17, 15) is 18.0 Å². The molecule has 36 heavy (non-hydrogen) atoms. The minimum Gasteiger partial charge on any atom is -0.274 e. The van der Waals surface area contributed by atoms with E-state index in [1.165, 1.54) is 15.9 Å². The van der Waals surface area contributed by atoms with Crippen molar-refractivity contribution in [2.45, 2.75) is 49.9 Å². The van der Waals surface area contributed by atoms with Crippen molar-refractivity contribution in [3.63, 3.8) is 0 Å². The van der Waals surface area contributed by atoms with Crippen LogP contribution >= 0.6 is 22.7 Å². The second kappa shape index (κ2) is 9.51. The molecule has 0 saturated carbocycles. The number of amides is 2. The number of carbonyl (C=O) groups excluding carboxylic acids is 2. The number of aromatic nitrogens is 1. The van der Waals surface area contributed by atoms with Crippen LogP contribution in [0, 0.1) is 6.92 Å². The highest BCUT2D eigenvalue weighted by Gasteiger charge is 2.48. The molecule has 2 unspecified atom stereocenters. The van der Waals surface area contributed by atoms with Crippen molar-refractivity contribution in [1.29, 1.82) is 0 Å². The molecule has 0 spiro atoms. The summed E-state index contributed by atoms with van der Waals surface area (Å²) in [5.41, 5.74) is 3.40. The molecule has 0 bridgehead atoms. The largest absolute Gasteiger partial charge is 0.274 e. The topological polar surface area (TPSA) is 87.7 Å². The number of thiophene rings is 1. The Morgan fingerprint density at radius 2 is 1.89 bits per heavy atom. The van der Waals surface area contributed by atoms with E-state index in [1.807, 2.05) is 38.1 Å². The quantitative estimate of drug-likeness (QED) is 0.291. The van der Waals surface area contributed by atoms with Gasteiger partial charge >= 0.3 is 0 Å². The van der Waals surface area contributed by atoms with Crippen molar-refractivity contribution in [2.24, 2.45) is 0 Å². The Bertz CT molecular complexity index is 1540. The lowest BCUT2D eigenvalue weighted by Gasteiger charge is -2.31. The van der Waals surface area contributed by atoms with Crippen molar-refractivity contribution in [3.8, 4) is 10.6 Å². The summed E-state index contributed by atoms with van der Waals surface area (Å²) in [6, 6.07) is 14.9. The molecule has 2 atom stereocenters. The summed E-state index contributed by atoms with van der Waals surface area (Å²) >= 11 is 2.69. The minimum absolute atomic E-state index is 0.164. The first-order valence-electron chi connectivity index (χ1n) is 11.6. The fraction of sp³-hybridized carbons (Fsp3) is 0.269. The van der Waals surface area contributed by atoms with Crippen LogP contribution in [0.3, 0.4) is 0 Å². The molecular weight excluding hydrogens is 515 g/mol. The smallest absolute Gasteiger partial charge is 0.253 e. The van der Waals surface area contributed by atoms with Crippen molar-refractivity contribution >= 4 is 60.4 Å². The number of hydrogen-bond acceptors (Lipinski definition) is 7. The number of aryl methyl sites for hydroxylation is 1. The van der Waals surface area contributed by atoms with Crippen LogP contribution in [0.4, 0.5) is 5.69 Å². The van der Waals surface area contributed by atoms with Gasteiger partial charge < -0.3 is 0 Å². The van der Waals surface area contributed by atoms with E-state index in [4.69, 9.17) is 4.98 Å². The normalized spacial score (nSPS) is 17.4. The highest BCUT2D eigenvalue weighted by Crippen LogP contribution is 2.35. The molecule has 10 heteroatoms. The summed E-state index contributed by atoms with van der Waals surface area (Å²) < 4.78 is 29.3. The van der Waals surface area contributed by atoms with Crippen molar-refractivity contribution in [1.82, 2.24) is 9.29 Å². The van der Waals surface area contributed by atoms with Crippen molar-refractivity contribution in [3.05, 3.63) is 65.5 Å². The molecule has 186 valence electrons. The van der Waals surface area contributed by atoms with Crippen LogP contribution in [0.5, 0.6) is 0 Å². The lowest BCUT2D eigenvalue weighted by atomic mass is 10.2. The zero-order valence-corrected chi connectivity index (χ0v) is 22.5. The zero-order valence-electron chi connectivity index (χ0n) is 20.0. The summed E-state index contributed by atoms with van der Waals surface area (Å²) in [4.78, 5) is 32.3. The third kappa shape index (κ3) is 4.28. The average Bonchev–Trinajstić information content (AvgIpc) is 3.59. The van der Waals surface area contributed by atoms with Gasteiger partial charge in [-0.15, -0.1) is 22.7 Å². The molecule has 1 saturated heterocycles. The molecule has 1 aliphatic heterocycles. The highest BCUT2D eigenvalue weighted by molar-refractivity contribution is 7.91. The molecule has 7 nitrogen and oxygen atoms in total. The lowest BCUT2D eigenvalue weighted by molar-refractivity contribution is -0.122. The summed E-state index contributed by atoms with van der Waals surface area (Å²) in [5.74, 6) is -0.938. The summed E-state index contributed by atoms with van der Waals surface area (Å²) in [7, 11) is -3.93. The molecule has 3 heterocycles. The van der Waals surface area contributed by atoms with E-state index < -0.39 is 33.9 Å². The standard InChI is InChI=1S/C26H25N3O4S3/c1-4-17(3)29(36(32,33)24-6-5-13-34-24)21-15-23(30)28(26(21)31)19-10-8-18(9-11-19)25-27-20-12-7-16(2)14-22(20)35-25/h5-14,17,21H,4,15H2,1-3H3. The van der Waals surface area contributed by atoms with Crippen LogP contribution in [-0.2, 0) is 19.6 Å². The molecule has 0 N–H and O–H groups in total. The van der Waals surface area contributed by atoms with Gasteiger partial charge in [0.2, 0.25) is 5.91 Å². The van der Waals surface area contributed by atoms with Crippen LogP contribution in [0.15, 0.2) is 64.2 Å². The van der Waals surface area contributed by atoms with Gasteiger partial charge in [-0.1, -0.05) is 19.1 Å². The second-order valence-electron chi connectivity index (χ2n) is 8.85. The van der Waals surface area contributed by atoms with Gasteiger partial charge in [-0.3, -0.25) is 9.59 Å². The third-order valence-electron chi connectivity index (χ3n) is 6.40. The van der Waals surface area contributed by atoms with Crippen LogP contribution in [0.2, 0.25) is 0 Å². The van der Waals surface area contributed by atoms with Gasteiger partial charge in [-0.2, -0.15) is 4.31 Å². The van der Waals surface area contributed by atoms with E-state index in [0.717, 1.165) is 37.0 Å². The Morgan fingerprint density at radius 1 is 1.14 bits per heavy atom. The Labute approximate surface area is 218 Å². The molecule has 0 aliphatic carbocycles. The monoisotopic (exact) mass is 539 g/mol. The summed E-state index contributed by atoms with van der Waals surface area (Å²) in [6.45, 7) is 5.67. The Balaban J connectivity index is 1.44. The minimum atomic E-state index is -3.93. The first kappa shape index (κ1) is 24.8.